The molecule has 2 aromatic rings. The molecule has 10 atom stereocenters. The van der Waals surface area contributed by atoms with Gasteiger partial charge in [0, 0.05) is 42.5 Å². The van der Waals surface area contributed by atoms with Crippen LogP contribution < -0.4 is 43.0 Å². The number of primary amides is 1. The molecule has 4 heterocycles. The number of hydrogen-bond donors (Lipinski definition) is 13. The number of aromatic amines is 1. The van der Waals surface area contributed by atoms with Gasteiger partial charge >= 0.3 is 0 Å². The summed E-state index contributed by atoms with van der Waals surface area (Å²) in [5, 5.41) is 59.9. The summed E-state index contributed by atoms with van der Waals surface area (Å²) in [6.07, 6.45) is -4.01. The minimum atomic E-state index is -1.75. The summed E-state index contributed by atoms with van der Waals surface area (Å²) in [4.78, 5) is 128. The molecule has 0 saturated carbocycles. The number of carbonyl (C=O) groups is 9. The Bertz CT molecular complexity index is 2120. The monoisotopic (exact) mass is 902 g/mol. The second-order valence-corrected chi connectivity index (χ2v) is 17.0. The molecule has 0 radical (unpaired) electrons. The summed E-state index contributed by atoms with van der Waals surface area (Å²) in [6.45, 7) is 2.08. The third-order valence-corrected chi connectivity index (χ3v) is 12.5. The second kappa shape index (κ2) is 20.9. The van der Waals surface area contributed by atoms with Crippen LogP contribution in [0.1, 0.15) is 45.6 Å². The molecule has 0 aliphatic carbocycles. The minimum Gasteiger partial charge on any atom is -0.508 e. The Kier molecular flexibility index (Phi) is 16.0. The van der Waals surface area contributed by atoms with Crippen molar-refractivity contribution in [2.75, 3.05) is 32.0 Å². The van der Waals surface area contributed by atoms with Gasteiger partial charge in [0.05, 0.1) is 48.9 Å². The Morgan fingerprint density at radius 3 is 2.22 bits per heavy atom. The van der Waals surface area contributed by atoms with Gasteiger partial charge in [-0.25, -0.2) is 0 Å². The van der Waals surface area contributed by atoms with Crippen molar-refractivity contribution in [3.63, 3.8) is 0 Å². The highest BCUT2D eigenvalue weighted by atomic mass is 32.2. The number of aliphatic hydroxyl groups is 3. The second-order valence-electron chi connectivity index (χ2n) is 15.9. The normalized spacial score (nSPS) is 27.6. The van der Waals surface area contributed by atoms with Crippen LogP contribution in [-0.4, -0.2) is 164 Å². The van der Waals surface area contributed by atoms with E-state index in [1.165, 1.54) is 25.1 Å². The Morgan fingerprint density at radius 2 is 1.56 bits per heavy atom. The number of fused-ring (bicyclic) bond motifs is 5. The number of rotatable bonds is 7. The number of nitrogens with two attached hydrogens (primary N) is 1. The fourth-order valence-corrected chi connectivity index (χ4v) is 8.68. The van der Waals surface area contributed by atoms with Crippen molar-refractivity contribution >= 4 is 75.8 Å². The predicted molar refractivity (Wildman–Crippen MR) is 222 cm³/mol. The third-order valence-electron chi connectivity index (χ3n) is 11.4. The summed E-state index contributed by atoms with van der Waals surface area (Å²) in [5.41, 5.74) is 6.19. The van der Waals surface area contributed by atoms with Crippen molar-refractivity contribution in [2.24, 2.45) is 17.6 Å². The number of carbonyl (C=O) groups excluding carboxylic acids is 9. The SMILES string of the molecule is CC[C@H](C)[C@@H]1NC(=O)CNC(=O)[C@H]2Cc3c([nH]c4cc(O)ccc34)SC[C@H](NC(=O)CNC1=O)C(=O)N[C@@H](CC(N)=O)C(=O)N1C[C@H](O)C[C@H]1C(=O)N[C@@H]([C@@H](C)[C@@H](O)CO)C(=O)N2. The van der Waals surface area contributed by atoms with E-state index in [2.05, 4.69) is 42.2 Å². The maximum Gasteiger partial charge on any atom is 0.246 e. The van der Waals surface area contributed by atoms with Gasteiger partial charge in [-0.15, -0.1) is 11.8 Å². The maximum atomic E-state index is 14.4. The number of aliphatic hydroxyl groups excluding tert-OH is 3. The van der Waals surface area contributed by atoms with Gasteiger partial charge in [0.1, 0.15) is 42.0 Å². The minimum absolute atomic E-state index is 0.146. The summed E-state index contributed by atoms with van der Waals surface area (Å²) >= 11 is 0.949. The molecular formula is C39H54N10O13S. The molecule has 2 bridgehead atoms. The number of phenolic OH excluding ortho intramolecular Hbond substituents is 1. The van der Waals surface area contributed by atoms with Gasteiger partial charge in [-0.05, 0) is 23.6 Å². The van der Waals surface area contributed by atoms with E-state index in [0.29, 0.717) is 22.9 Å². The molecule has 3 aliphatic heterocycles. The van der Waals surface area contributed by atoms with Crippen molar-refractivity contribution in [1.29, 1.82) is 0 Å². The van der Waals surface area contributed by atoms with Gasteiger partial charge < -0.3 is 73.3 Å². The average Bonchev–Trinajstić information content (AvgIpc) is 3.80. The molecule has 1 saturated heterocycles. The maximum absolute atomic E-state index is 14.4. The molecule has 5 rings (SSSR count). The van der Waals surface area contributed by atoms with E-state index in [0.717, 1.165) is 16.7 Å². The first-order valence-electron chi connectivity index (χ1n) is 20.4. The summed E-state index contributed by atoms with van der Waals surface area (Å²) in [7, 11) is 0. The molecule has 63 heavy (non-hydrogen) atoms. The fraction of sp³-hybridized carbons (Fsp3) is 0.564. The number of phenols is 1. The summed E-state index contributed by atoms with van der Waals surface area (Å²) < 4.78 is 0. The Labute approximate surface area is 364 Å². The van der Waals surface area contributed by atoms with Crippen LogP contribution >= 0.6 is 11.8 Å². The zero-order valence-electron chi connectivity index (χ0n) is 34.8. The predicted octanol–water partition coefficient (Wildman–Crippen LogP) is -4.94. The topological polar surface area (TPSA) is 364 Å². The number of thioether (sulfide) groups is 1. The molecule has 344 valence electrons. The highest BCUT2D eigenvalue weighted by Gasteiger charge is 2.45. The highest BCUT2D eigenvalue weighted by molar-refractivity contribution is 7.99. The molecule has 1 fully saturated rings. The molecule has 3 aliphatic rings. The van der Waals surface area contributed by atoms with E-state index in [9.17, 15) is 63.6 Å². The smallest absolute Gasteiger partial charge is 0.246 e. The van der Waals surface area contributed by atoms with E-state index in [1.54, 1.807) is 13.8 Å². The summed E-state index contributed by atoms with van der Waals surface area (Å²) in [6, 6.07) is -5.00. The lowest BCUT2D eigenvalue weighted by Crippen LogP contribution is -2.62. The first kappa shape index (κ1) is 48.1. The van der Waals surface area contributed by atoms with E-state index in [-0.39, 0.29) is 29.4 Å². The number of nitrogens with one attached hydrogen (secondary N) is 8. The number of nitrogens with zero attached hydrogens (tertiary/aromatic N) is 1. The molecule has 23 nitrogen and oxygen atoms in total. The van der Waals surface area contributed by atoms with Crippen LogP contribution in [0.2, 0.25) is 0 Å². The lowest BCUT2D eigenvalue weighted by atomic mass is 9.93. The first-order valence-corrected chi connectivity index (χ1v) is 21.4. The van der Waals surface area contributed by atoms with Gasteiger partial charge in [-0.2, -0.15) is 0 Å². The first-order chi connectivity index (χ1) is 29.8. The zero-order valence-corrected chi connectivity index (χ0v) is 35.6. The van der Waals surface area contributed by atoms with Crippen LogP contribution in [0.25, 0.3) is 10.9 Å². The third kappa shape index (κ3) is 11.7. The number of hydrogen-bond acceptors (Lipinski definition) is 14. The van der Waals surface area contributed by atoms with Crippen molar-refractivity contribution in [3.8, 4) is 5.75 Å². The Morgan fingerprint density at radius 1 is 0.873 bits per heavy atom. The summed E-state index contributed by atoms with van der Waals surface area (Å²) in [5.74, 6) is -10.7. The van der Waals surface area contributed by atoms with Gasteiger partial charge in [0.15, 0.2) is 0 Å². The molecular weight excluding hydrogens is 849 g/mol. The number of benzene rings is 1. The molecule has 24 heteroatoms. The standard InChI is InChI=1S/C39H54N10O13S/c1-4-16(2)31-36(60)42-11-29(55)43-25-15-63-38-21(20-6-5-18(51)7-22(20)46-38)9-23(33(57)41-12-30(56)47-31)44-37(61)32(17(3)27(53)14-50)48-35(59)26-8-19(52)13-49(26)39(62)24(10-28(40)54)45-34(25)58/h5-7,16-17,19,23-27,31-32,46,50-53H,4,8-15H2,1-3H3,(H2,40,54)(H,41,57)(H,42,60)(H,43,55)(H,44,61)(H,45,58)(H,47,56)(H,48,59)/t16-,17-,19+,23+,24-,25-,26-,27-,31-,32-/m0/s1. The van der Waals surface area contributed by atoms with Gasteiger partial charge in [-0.3, -0.25) is 43.2 Å². The molecule has 1 aromatic heterocycles. The van der Waals surface area contributed by atoms with Crippen molar-refractivity contribution in [1.82, 2.24) is 47.1 Å². The number of H-pyrrole nitrogens is 1. The molecule has 1 aromatic carbocycles. The van der Waals surface area contributed by atoms with Crippen molar-refractivity contribution < 1.29 is 63.6 Å². The number of amides is 9. The van der Waals surface area contributed by atoms with E-state index < -0.39 is 146 Å². The van der Waals surface area contributed by atoms with E-state index in [1.807, 2.05) is 0 Å². The van der Waals surface area contributed by atoms with Gasteiger partial charge in [0.2, 0.25) is 53.2 Å². The average molecular weight is 903 g/mol. The van der Waals surface area contributed by atoms with Crippen LogP contribution in [0.5, 0.6) is 5.75 Å². The largest absolute Gasteiger partial charge is 0.508 e. The fourth-order valence-electron chi connectivity index (χ4n) is 7.56. The van der Waals surface area contributed by atoms with Gasteiger partial charge in [0.25, 0.3) is 0 Å². The quantitative estimate of drug-likeness (QED) is 0.124. The van der Waals surface area contributed by atoms with Crippen LogP contribution in [-0.2, 0) is 49.6 Å². The number of aromatic hydroxyl groups is 1. The van der Waals surface area contributed by atoms with Crippen molar-refractivity contribution in [3.05, 3.63) is 23.8 Å². The molecule has 0 unspecified atom stereocenters. The van der Waals surface area contributed by atoms with Gasteiger partial charge in [-0.1, -0.05) is 27.2 Å². The van der Waals surface area contributed by atoms with Crippen molar-refractivity contribution in [2.45, 2.75) is 99.9 Å². The zero-order chi connectivity index (χ0) is 46.3. The van der Waals surface area contributed by atoms with E-state index >= 15 is 0 Å². The van der Waals surface area contributed by atoms with E-state index in [4.69, 9.17) is 5.73 Å². The molecule has 14 N–H and O–H groups in total. The van der Waals surface area contributed by atoms with Crippen LogP contribution in [0.15, 0.2) is 23.2 Å². The van der Waals surface area contributed by atoms with Crippen LogP contribution in [0.4, 0.5) is 0 Å². The Hall–Kier alpha value is -5.98. The van der Waals surface area contributed by atoms with Crippen LogP contribution in [0.3, 0.4) is 0 Å². The highest BCUT2D eigenvalue weighted by Crippen LogP contribution is 2.33. The number of aromatic nitrogens is 1. The lowest BCUT2D eigenvalue weighted by Gasteiger charge is -2.32. The Balaban J connectivity index is 1.70. The molecule has 0 spiro atoms. The van der Waals surface area contributed by atoms with Crippen LogP contribution in [0, 0.1) is 11.8 Å². The lowest BCUT2D eigenvalue weighted by molar-refractivity contribution is -0.144. The molecule has 9 amide bonds.